The molecule has 0 amide bonds. The zero-order chi connectivity index (χ0) is 15.1. The van der Waals surface area contributed by atoms with Crippen LogP contribution in [0.25, 0.3) is 0 Å². The number of hydrogen-bond acceptors (Lipinski definition) is 3. The highest BCUT2D eigenvalue weighted by atomic mass is 19.1. The van der Waals surface area contributed by atoms with Gasteiger partial charge in [0.25, 0.3) is 5.69 Å². The van der Waals surface area contributed by atoms with Gasteiger partial charge in [-0.05, 0) is 31.9 Å². The summed E-state index contributed by atoms with van der Waals surface area (Å²) in [6.45, 7) is 5.76. The van der Waals surface area contributed by atoms with Crippen LogP contribution >= 0.6 is 0 Å². The predicted octanol–water partition coefficient (Wildman–Crippen LogP) is 4.81. The molecule has 0 aliphatic heterocycles. The first kappa shape index (κ1) is 16.4. The summed E-state index contributed by atoms with van der Waals surface area (Å²) in [5.41, 5.74) is 0.613. The van der Waals surface area contributed by atoms with Gasteiger partial charge in [-0.25, -0.2) is 4.39 Å². The highest BCUT2D eigenvalue weighted by Crippen LogP contribution is 2.28. The molecule has 20 heavy (non-hydrogen) atoms. The van der Waals surface area contributed by atoms with Gasteiger partial charge in [-0.3, -0.25) is 10.1 Å². The second-order valence-corrected chi connectivity index (χ2v) is 5.27. The summed E-state index contributed by atoms with van der Waals surface area (Å²) in [6.07, 6.45) is 5.61. The molecule has 0 saturated heterocycles. The van der Waals surface area contributed by atoms with Gasteiger partial charge in [0, 0.05) is 6.04 Å². The fourth-order valence-corrected chi connectivity index (χ4v) is 2.15. The van der Waals surface area contributed by atoms with Gasteiger partial charge in [-0.1, -0.05) is 32.6 Å². The van der Waals surface area contributed by atoms with E-state index in [4.69, 9.17) is 0 Å². The smallest absolute Gasteiger partial charge is 0.295 e. The van der Waals surface area contributed by atoms with Gasteiger partial charge in [-0.15, -0.1) is 0 Å². The molecule has 0 aliphatic rings. The van der Waals surface area contributed by atoms with Gasteiger partial charge < -0.3 is 5.32 Å². The van der Waals surface area contributed by atoms with Crippen LogP contribution < -0.4 is 5.32 Å². The fourth-order valence-electron chi connectivity index (χ4n) is 2.15. The Kier molecular flexibility index (Phi) is 6.42. The third-order valence-corrected chi connectivity index (χ3v) is 3.37. The average molecular weight is 282 g/mol. The molecule has 0 saturated carbocycles. The van der Waals surface area contributed by atoms with Crippen molar-refractivity contribution in [2.45, 2.75) is 58.9 Å². The van der Waals surface area contributed by atoms with Crippen molar-refractivity contribution in [1.29, 1.82) is 0 Å². The Labute approximate surface area is 119 Å². The highest BCUT2D eigenvalue weighted by Gasteiger charge is 2.18. The average Bonchev–Trinajstić information content (AvgIpc) is 2.38. The van der Waals surface area contributed by atoms with Gasteiger partial charge in [0.15, 0.2) is 0 Å². The molecule has 0 aliphatic carbocycles. The van der Waals surface area contributed by atoms with Gasteiger partial charge >= 0.3 is 0 Å². The van der Waals surface area contributed by atoms with E-state index in [1.807, 2.05) is 6.92 Å². The summed E-state index contributed by atoms with van der Waals surface area (Å²) in [6, 6.07) is 2.63. The molecule has 4 nitrogen and oxygen atoms in total. The Hall–Kier alpha value is -1.65. The summed E-state index contributed by atoms with van der Waals surface area (Å²) in [4.78, 5) is 10.4. The molecule has 5 heteroatoms. The highest BCUT2D eigenvalue weighted by molar-refractivity contribution is 5.63. The monoisotopic (exact) mass is 282 g/mol. The number of halogens is 1. The molecule has 0 aromatic heterocycles. The van der Waals surface area contributed by atoms with Crippen LogP contribution in [-0.2, 0) is 0 Å². The van der Waals surface area contributed by atoms with E-state index in [9.17, 15) is 14.5 Å². The molecule has 1 aromatic rings. The van der Waals surface area contributed by atoms with Gasteiger partial charge in [-0.2, -0.15) is 0 Å². The first-order chi connectivity index (χ1) is 9.45. The lowest BCUT2D eigenvalue weighted by molar-refractivity contribution is -0.384. The van der Waals surface area contributed by atoms with E-state index in [0.717, 1.165) is 18.9 Å². The summed E-state index contributed by atoms with van der Waals surface area (Å²) in [5, 5.41) is 14.1. The Balaban J connectivity index is 2.70. The van der Waals surface area contributed by atoms with Crippen LogP contribution in [0, 0.1) is 22.9 Å². The molecular formula is C15H23FN2O2. The van der Waals surface area contributed by atoms with E-state index >= 15 is 0 Å². The van der Waals surface area contributed by atoms with Gasteiger partial charge in [0.05, 0.1) is 11.0 Å². The van der Waals surface area contributed by atoms with Crippen LogP contribution in [0.15, 0.2) is 12.1 Å². The predicted molar refractivity (Wildman–Crippen MR) is 79.6 cm³/mol. The number of nitrogens with one attached hydrogen (secondary N) is 1. The minimum atomic E-state index is -0.547. The lowest BCUT2D eigenvalue weighted by Crippen LogP contribution is -2.16. The summed E-state index contributed by atoms with van der Waals surface area (Å²) >= 11 is 0. The second-order valence-electron chi connectivity index (χ2n) is 5.27. The first-order valence-corrected chi connectivity index (χ1v) is 7.16. The van der Waals surface area contributed by atoms with Crippen LogP contribution in [0.3, 0.4) is 0 Å². The van der Waals surface area contributed by atoms with E-state index in [1.165, 1.54) is 25.3 Å². The third kappa shape index (κ3) is 4.79. The zero-order valence-electron chi connectivity index (χ0n) is 12.4. The maximum atomic E-state index is 13.4. The maximum absolute atomic E-state index is 13.4. The van der Waals surface area contributed by atoms with Crippen molar-refractivity contribution >= 4 is 11.4 Å². The van der Waals surface area contributed by atoms with Crippen LogP contribution in [-0.4, -0.2) is 11.0 Å². The maximum Gasteiger partial charge on any atom is 0.295 e. The number of hydrogen-bond donors (Lipinski definition) is 1. The SMILES string of the molecule is CCCCCCC(C)Nc1cc(C)c(F)cc1[N+](=O)[O-]. The third-order valence-electron chi connectivity index (χ3n) is 3.37. The van der Waals surface area contributed by atoms with E-state index in [-0.39, 0.29) is 11.7 Å². The van der Waals surface area contributed by atoms with Crippen LogP contribution in [0.4, 0.5) is 15.8 Å². The molecular weight excluding hydrogens is 259 g/mol. The van der Waals surface area contributed by atoms with Gasteiger partial charge in [0.2, 0.25) is 0 Å². The van der Waals surface area contributed by atoms with Crippen molar-refractivity contribution in [3.63, 3.8) is 0 Å². The van der Waals surface area contributed by atoms with E-state index in [0.29, 0.717) is 11.3 Å². The van der Waals surface area contributed by atoms with Gasteiger partial charge in [0.1, 0.15) is 11.5 Å². The van der Waals surface area contributed by atoms with Crippen LogP contribution in [0.5, 0.6) is 0 Å². The van der Waals surface area contributed by atoms with E-state index in [1.54, 1.807) is 6.92 Å². The summed E-state index contributed by atoms with van der Waals surface area (Å²) < 4.78 is 13.4. The number of unbranched alkanes of at least 4 members (excludes halogenated alkanes) is 3. The lowest BCUT2D eigenvalue weighted by Gasteiger charge is -2.16. The van der Waals surface area contributed by atoms with Crippen molar-refractivity contribution in [3.8, 4) is 0 Å². The molecule has 0 spiro atoms. The number of rotatable bonds is 8. The minimum Gasteiger partial charge on any atom is -0.377 e. The zero-order valence-corrected chi connectivity index (χ0v) is 12.4. The number of aryl methyl sites for hydroxylation is 1. The number of nitrogens with zero attached hydrogens (tertiary/aromatic N) is 1. The molecule has 1 unspecified atom stereocenters. The molecule has 1 aromatic carbocycles. The van der Waals surface area contributed by atoms with E-state index in [2.05, 4.69) is 12.2 Å². The van der Waals surface area contributed by atoms with Crippen LogP contribution in [0.1, 0.15) is 51.5 Å². The van der Waals surface area contributed by atoms with E-state index < -0.39 is 10.7 Å². The lowest BCUT2D eigenvalue weighted by atomic mass is 10.1. The van der Waals surface area contributed by atoms with Crippen molar-refractivity contribution in [2.75, 3.05) is 5.32 Å². The van der Waals surface area contributed by atoms with Crippen molar-refractivity contribution in [2.24, 2.45) is 0 Å². The van der Waals surface area contributed by atoms with Crippen molar-refractivity contribution in [1.82, 2.24) is 0 Å². The molecule has 1 rings (SSSR count). The molecule has 0 fully saturated rings. The Morgan fingerprint density at radius 3 is 2.65 bits per heavy atom. The summed E-state index contributed by atoms with van der Waals surface area (Å²) in [7, 11) is 0. The van der Waals surface area contributed by atoms with Crippen LogP contribution in [0.2, 0.25) is 0 Å². The fraction of sp³-hybridized carbons (Fsp3) is 0.600. The molecule has 1 atom stereocenters. The Bertz CT molecular complexity index is 463. The molecule has 0 radical (unpaired) electrons. The Morgan fingerprint density at radius 2 is 2.05 bits per heavy atom. The number of nitro groups is 1. The standard InChI is InChI=1S/C15H23FN2O2/c1-4-5-6-7-8-12(3)17-14-9-11(2)13(16)10-15(14)18(19)20/h9-10,12,17H,4-8H2,1-3H3. The Morgan fingerprint density at radius 1 is 1.35 bits per heavy atom. The number of nitro benzene ring substituents is 1. The first-order valence-electron chi connectivity index (χ1n) is 7.16. The normalized spacial score (nSPS) is 12.2. The quantitative estimate of drug-likeness (QED) is 0.423. The molecule has 0 heterocycles. The van der Waals surface area contributed by atoms with Crippen molar-refractivity contribution in [3.05, 3.63) is 33.6 Å². The molecule has 0 bridgehead atoms. The topological polar surface area (TPSA) is 55.2 Å². The van der Waals surface area contributed by atoms with Crippen molar-refractivity contribution < 1.29 is 9.31 Å². The summed E-state index contributed by atoms with van der Waals surface area (Å²) in [5.74, 6) is -0.544. The number of anilines is 1. The molecule has 1 N–H and O–H groups in total. The molecule has 112 valence electrons. The minimum absolute atomic E-state index is 0.135. The largest absolute Gasteiger partial charge is 0.377 e. The number of benzene rings is 1. The second kappa shape index (κ2) is 7.82.